The van der Waals surface area contributed by atoms with Crippen LogP contribution < -0.4 is 0 Å². The van der Waals surface area contributed by atoms with Crippen molar-refractivity contribution < 1.29 is 13.7 Å². The summed E-state index contributed by atoms with van der Waals surface area (Å²) < 4.78 is 18.4. The molecular formula is C23H25FN4O2. The molecule has 156 valence electrons. The Labute approximate surface area is 175 Å². The zero-order valence-corrected chi connectivity index (χ0v) is 17.2. The van der Waals surface area contributed by atoms with Gasteiger partial charge in [-0.2, -0.15) is 4.98 Å². The van der Waals surface area contributed by atoms with Gasteiger partial charge in [-0.15, -0.1) is 0 Å². The predicted octanol–water partition coefficient (Wildman–Crippen LogP) is 3.50. The molecule has 0 aliphatic carbocycles. The summed E-state index contributed by atoms with van der Waals surface area (Å²) in [6.07, 6.45) is 0. The van der Waals surface area contributed by atoms with Crippen LogP contribution in [0.5, 0.6) is 0 Å². The summed E-state index contributed by atoms with van der Waals surface area (Å²) in [5, 5.41) is 3.99. The Morgan fingerprint density at radius 2 is 1.70 bits per heavy atom. The molecule has 3 aromatic rings. The summed E-state index contributed by atoms with van der Waals surface area (Å²) in [5.41, 5.74) is 1.18. The second kappa shape index (κ2) is 8.36. The molecule has 0 unspecified atom stereocenters. The van der Waals surface area contributed by atoms with Crippen molar-refractivity contribution in [3.05, 3.63) is 71.9 Å². The monoisotopic (exact) mass is 408 g/mol. The lowest BCUT2D eigenvalue weighted by Crippen LogP contribution is -2.52. The summed E-state index contributed by atoms with van der Waals surface area (Å²) >= 11 is 0. The minimum absolute atomic E-state index is 0.143. The Balaban J connectivity index is 1.34. The average Bonchev–Trinajstić information content (AvgIpc) is 3.23. The zero-order chi connectivity index (χ0) is 21.1. The number of hydrogen-bond donors (Lipinski definition) is 0. The fourth-order valence-corrected chi connectivity index (χ4v) is 3.71. The average molecular weight is 408 g/mol. The van der Waals surface area contributed by atoms with Crippen LogP contribution in [0.3, 0.4) is 0 Å². The van der Waals surface area contributed by atoms with Crippen molar-refractivity contribution >= 4 is 5.91 Å². The second-order valence-corrected chi connectivity index (χ2v) is 8.08. The summed E-state index contributed by atoms with van der Waals surface area (Å²) in [4.78, 5) is 21.7. The molecule has 1 fully saturated rings. The quantitative estimate of drug-likeness (QED) is 0.647. The number of piperazine rings is 1. The van der Waals surface area contributed by atoms with E-state index in [4.69, 9.17) is 4.52 Å². The Morgan fingerprint density at radius 3 is 2.37 bits per heavy atom. The lowest BCUT2D eigenvalue weighted by molar-refractivity contribution is -0.138. The van der Waals surface area contributed by atoms with E-state index in [1.165, 1.54) is 12.1 Å². The molecule has 0 saturated carbocycles. The molecule has 1 aromatic heterocycles. The largest absolute Gasteiger partial charge is 0.339 e. The van der Waals surface area contributed by atoms with E-state index in [1.54, 1.807) is 12.1 Å². The Kier molecular flexibility index (Phi) is 5.63. The van der Waals surface area contributed by atoms with Crippen LogP contribution in [0.4, 0.5) is 4.39 Å². The third-order valence-corrected chi connectivity index (χ3v) is 5.62. The van der Waals surface area contributed by atoms with Gasteiger partial charge >= 0.3 is 0 Å². The third-order valence-electron chi connectivity index (χ3n) is 5.62. The third kappa shape index (κ3) is 4.26. The molecule has 2 heterocycles. The van der Waals surface area contributed by atoms with Crippen LogP contribution >= 0.6 is 0 Å². The van der Waals surface area contributed by atoms with Gasteiger partial charge in [-0.25, -0.2) is 4.39 Å². The molecule has 7 heteroatoms. The number of halogens is 1. The summed E-state index contributed by atoms with van der Waals surface area (Å²) in [6.45, 7) is 7.29. The highest BCUT2D eigenvalue weighted by molar-refractivity contribution is 5.87. The van der Waals surface area contributed by atoms with Gasteiger partial charge in [-0.3, -0.25) is 9.69 Å². The molecule has 2 aromatic carbocycles. The number of amides is 1. The van der Waals surface area contributed by atoms with Crippen LogP contribution in [-0.2, 0) is 16.8 Å². The predicted molar refractivity (Wildman–Crippen MR) is 111 cm³/mol. The van der Waals surface area contributed by atoms with E-state index in [2.05, 4.69) is 15.0 Å². The standard InChI is InChI=1S/C23H25FN4O2/c1-23(2,18-6-4-3-5-7-18)22(29)28-14-12-27(13-15-28)16-20-25-21(26-30-20)17-8-10-19(24)11-9-17/h3-11H,12-16H2,1-2H3. The molecule has 0 N–H and O–H groups in total. The van der Waals surface area contributed by atoms with E-state index < -0.39 is 5.41 Å². The van der Waals surface area contributed by atoms with Gasteiger partial charge in [0.15, 0.2) is 0 Å². The number of carbonyl (C=O) groups is 1. The molecule has 1 saturated heterocycles. The van der Waals surface area contributed by atoms with Crippen LogP contribution in [0.25, 0.3) is 11.4 Å². The van der Waals surface area contributed by atoms with Crippen LogP contribution in [0, 0.1) is 5.82 Å². The molecule has 1 aliphatic heterocycles. The van der Waals surface area contributed by atoms with E-state index in [0.29, 0.717) is 36.9 Å². The Hall–Kier alpha value is -3.06. The normalized spacial score (nSPS) is 15.4. The number of carbonyl (C=O) groups excluding carboxylic acids is 1. The number of nitrogens with zero attached hydrogens (tertiary/aromatic N) is 4. The molecule has 0 atom stereocenters. The molecule has 0 radical (unpaired) electrons. The van der Waals surface area contributed by atoms with Crippen molar-refractivity contribution in [2.24, 2.45) is 0 Å². The minimum Gasteiger partial charge on any atom is -0.339 e. The summed E-state index contributed by atoms with van der Waals surface area (Å²) in [5.74, 6) is 0.803. The van der Waals surface area contributed by atoms with Crippen molar-refractivity contribution in [1.29, 1.82) is 0 Å². The minimum atomic E-state index is -0.556. The van der Waals surface area contributed by atoms with Crippen molar-refractivity contribution in [1.82, 2.24) is 19.9 Å². The van der Waals surface area contributed by atoms with Gasteiger partial charge in [0, 0.05) is 31.7 Å². The van der Waals surface area contributed by atoms with Crippen molar-refractivity contribution in [3.63, 3.8) is 0 Å². The summed E-state index contributed by atoms with van der Waals surface area (Å²) in [7, 11) is 0. The first-order chi connectivity index (χ1) is 14.4. The van der Waals surface area contributed by atoms with Gasteiger partial charge in [0.1, 0.15) is 5.82 Å². The van der Waals surface area contributed by atoms with E-state index in [9.17, 15) is 9.18 Å². The highest BCUT2D eigenvalue weighted by atomic mass is 19.1. The maximum Gasteiger partial charge on any atom is 0.241 e. The molecule has 4 rings (SSSR count). The van der Waals surface area contributed by atoms with Gasteiger partial charge in [-0.05, 0) is 43.7 Å². The molecular weight excluding hydrogens is 383 g/mol. The molecule has 0 bridgehead atoms. The Morgan fingerprint density at radius 1 is 1.03 bits per heavy atom. The number of benzene rings is 2. The lowest BCUT2D eigenvalue weighted by Gasteiger charge is -2.38. The summed E-state index contributed by atoms with van der Waals surface area (Å²) in [6, 6.07) is 15.9. The van der Waals surface area contributed by atoms with E-state index in [1.807, 2.05) is 49.1 Å². The highest BCUT2D eigenvalue weighted by Crippen LogP contribution is 2.26. The smallest absolute Gasteiger partial charge is 0.241 e. The molecule has 1 amide bonds. The molecule has 0 spiro atoms. The Bertz CT molecular complexity index is 994. The fourth-order valence-electron chi connectivity index (χ4n) is 3.71. The zero-order valence-electron chi connectivity index (χ0n) is 17.2. The van der Waals surface area contributed by atoms with Gasteiger partial charge in [0.05, 0.1) is 12.0 Å². The van der Waals surface area contributed by atoms with Gasteiger partial charge in [-0.1, -0.05) is 35.5 Å². The SMILES string of the molecule is CC(C)(C(=O)N1CCN(Cc2nc(-c3ccc(F)cc3)no2)CC1)c1ccccc1. The number of aromatic nitrogens is 2. The number of rotatable bonds is 5. The first kappa shape index (κ1) is 20.2. The van der Waals surface area contributed by atoms with Crippen molar-refractivity contribution in [3.8, 4) is 11.4 Å². The topological polar surface area (TPSA) is 62.5 Å². The van der Waals surface area contributed by atoms with Crippen LogP contribution in [-0.4, -0.2) is 52.0 Å². The number of hydrogen-bond acceptors (Lipinski definition) is 5. The fraction of sp³-hybridized carbons (Fsp3) is 0.348. The molecule has 6 nitrogen and oxygen atoms in total. The van der Waals surface area contributed by atoms with Gasteiger partial charge < -0.3 is 9.42 Å². The lowest BCUT2D eigenvalue weighted by atomic mass is 9.83. The molecule has 30 heavy (non-hydrogen) atoms. The van der Waals surface area contributed by atoms with Crippen LogP contribution in [0.15, 0.2) is 59.1 Å². The van der Waals surface area contributed by atoms with Crippen LogP contribution in [0.1, 0.15) is 25.3 Å². The first-order valence-electron chi connectivity index (χ1n) is 10.1. The van der Waals surface area contributed by atoms with E-state index >= 15 is 0 Å². The highest BCUT2D eigenvalue weighted by Gasteiger charge is 2.35. The van der Waals surface area contributed by atoms with Gasteiger partial charge in [0.2, 0.25) is 17.6 Å². The molecule has 1 aliphatic rings. The first-order valence-corrected chi connectivity index (χ1v) is 10.1. The van der Waals surface area contributed by atoms with Crippen LogP contribution in [0.2, 0.25) is 0 Å². The van der Waals surface area contributed by atoms with E-state index in [0.717, 1.165) is 18.7 Å². The maximum atomic E-state index is 13.1. The van der Waals surface area contributed by atoms with Gasteiger partial charge in [0.25, 0.3) is 0 Å². The van der Waals surface area contributed by atoms with Crippen molar-refractivity contribution in [2.75, 3.05) is 26.2 Å². The maximum absolute atomic E-state index is 13.1. The second-order valence-electron chi connectivity index (χ2n) is 8.08. The van der Waals surface area contributed by atoms with E-state index in [-0.39, 0.29) is 11.7 Å². The van der Waals surface area contributed by atoms with Crippen molar-refractivity contribution in [2.45, 2.75) is 25.8 Å².